The summed E-state index contributed by atoms with van der Waals surface area (Å²) in [4.78, 5) is 30.4. The van der Waals surface area contributed by atoms with Gasteiger partial charge in [-0.05, 0) is 55.0 Å². The van der Waals surface area contributed by atoms with Gasteiger partial charge in [0.15, 0.2) is 5.78 Å². The van der Waals surface area contributed by atoms with Crippen molar-refractivity contribution in [2.75, 3.05) is 13.1 Å². The van der Waals surface area contributed by atoms with Gasteiger partial charge in [-0.2, -0.15) is 9.78 Å². The van der Waals surface area contributed by atoms with Crippen molar-refractivity contribution >= 4 is 11.8 Å². The Morgan fingerprint density at radius 3 is 2.52 bits per heavy atom. The molecule has 31 heavy (non-hydrogen) atoms. The Bertz CT molecular complexity index is 1100. The van der Waals surface area contributed by atoms with Crippen LogP contribution < -0.4 is 4.74 Å². The maximum absolute atomic E-state index is 12.7. The third-order valence-electron chi connectivity index (χ3n) is 6.22. The summed E-state index contributed by atoms with van der Waals surface area (Å²) in [5.41, 5.74) is 2.28. The van der Waals surface area contributed by atoms with Gasteiger partial charge in [0.2, 0.25) is 0 Å². The highest BCUT2D eigenvalue weighted by molar-refractivity contribution is 5.92. The van der Waals surface area contributed by atoms with E-state index in [0.717, 1.165) is 29.8 Å². The second-order valence-corrected chi connectivity index (χ2v) is 8.36. The summed E-state index contributed by atoms with van der Waals surface area (Å²) < 4.78 is 7.57. The molecule has 0 spiro atoms. The predicted octanol–water partition coefficient (Wildman–Crippen LogP) is 3.91. The number of Topliss-reactive ketones (excluding diaryl/α,β-unsaturated/α-hetero) is 1. The molecule has 5 rings (SSSR count). The first kappa shape index (κ1) is 19.5. The van der Waals surface area contributed by atoms with Gasteiger partial charge in [0.05, 0.1) is 11.8 Å². The average molecular weight is 416 g/mol. The van der Waals surface area contributed by atoms with Gasteiger partial charge in [-0.3, -0.25) is 9.78 Å². The SMILES string of the molecule is CC(=O)c1ccn(C(=O)N2C[C@H]3CC(Oc4cccc(-c5ccccn5)c4)C[C@H]3C2)n1. The van der Waals surface area contributed by atoms with E-state index in [4.69, 9.17) is 4.74 Å². The number of likely N-dealkylation sites (tertiary alicyclic amines) is 1. The molecule has 1 amide bonds. The number of pyridine rings is 1. The molecule has 2 fully saturated rings. The zero-order valence-electron chi connectivity index (χ0n) is 17.3. The summed E-state index contributed by atoms with van der Waals surface area (Å²) in [7, 11) is 0. The van der Waals surface area contributed by atoms with Crippen molar-refractivity contribution in [1.29, 1.82) is 0 Å². The van der Waals surface area contributed by atoms with Crippen LogP contribution in [-0.4, -0.2) is 50.7 Å². The summed E-state index contributed by atoms with van der Waals surface area (Å²) in [6.07, 6.45) is 5.37. The zero-order chi connectivity index (χ0) is 21.4. The van der Waals surface area contributed by atoms with Crippen LogP contribution in [0.5, 0.6) is 5.75 Å². The van der Waals surface area contributed by atoms with Gasteiger partial charge in [-0.1, -0.05) is 18.2 Å². The lowest BCUT2D eigenvalue weighted by Crippen LogP contribution is -2.34. The highest BCUT2D eigenvalue weighted by atomic mass is 16.5. The molecule has 1 aliphatic carbocycles. The molecular formula is C24H24N4O3. The van der Waals surface area contributed by atoms with Gasteiger partial charge in [0.1, 0.15) is 11.4 Å². The normalized spacial score (nSPS) is 22.4. The first-order valence-electron chi connectivity index (χ1n) is 10.6. The van der Waals surface area contributed by atoms with Gasteiger partial charge in [-0.15, -0.1) is 0 Å². The number of ether oxygens (including phenoxy) is 1. The van der Waals surface area contributed by atoms with Crippen LogP contribution in [0.3, 0.4) is 0 Å². The van der Waals surface area contributed by atoms with Gasteiger partial charge in [0, 0.05) is 38.0 Å². The summed E-state index contributed by atoms with van der Waals surface area (Å²) >= 11 is 0. The third kappa shape index (κ3) is 3.95. The molecule has 1 aliphatic heterocycles. The van der Waals surface area contributed by atoms with Crippen molar-refractivity contribution in [3.8, 4) is 17.0 Å². The van der Waals surface area contributed by atoms with Gasteiger partial charge < -0.3 is 9.64 Å². The number of nitrogens with zero attached hydrogens (tertiary/aromatic N) is 4. The van der Waals surface area contributed by atoms with E-state index in [-0.39, 0.29) is 17.9 Å². The quantitative estimate of drug-likeness (QED) is 0.603. The van der Waals surface area contributed by atoms with Crippen molar-refractivity contribution in [2.24, 2.45) is 11.8 Å². The Morgan fingerprint density at radius 2 is 1.84 bits per heavy atom. The van der Waals surface area contributed by atoms with Crippen LogP contribution in [0, 0.1) is 11.8 Å². The van der Waals surface area contributed by atoms with Crippen LogP contribution in [0.4, 0.5) is 4.79 Å². The Kier molecular flexibility index (Phi) is 5.02. The van der Waals surface area contributed by atoms with E-state index in [1.54, 1.807) is 18.5 Å². The molecule has 3 heterocycles. The molecule has 1 aromatic carbocycles. The lowest BCUT2D eigenvalue weighted by Gasteiger charge is -2.20. The highest BCUT2D eigenvalue weighted by Gasteiger charge is 2.43. The Balaban J connectivity index is 1.20. The number of rotatable bonds is 4. The first-order chi connectivity index (χ1) is 15.1. The molecule has 1 saturated heterocycles. The molecule has 2 aromatic heterocycles. The molecule has 1 saturated carbocycles. The molecule has 158 valence electrons. The molecule has 0 radical (unpaired) electrons. The number of benzene rings is 1. The van der Waals surface area contributed by atoms with E-state index in [1.807, 2.05) is 47.4 Å². The number of ketones is 1. The molecule has 2 aliphatic rings. The van der Waals surface area contributed by atoms with E-state index < -0.39 is 0 Å². The van der Waals surface area contributed by atoms with Crippen LogP contribution in [0.15, 0.2) is 60.9 Å². The monoisotopic (exact) mass is 416 g/mol. The highest BCUT2D eigenvalue weighted by Crippen LogP contribution is 2.40. The topological polar surface area (TPSA) is 77.3 Å². The molecule has 1 unspecified atom stereocenters. The minimum Gasteiger partial charge on any atom is -0.490 e. The van der Waals surface area contributed by atoms with E-state index in [0.29, 0.717) is 30.6 Å². The predicted molar refractivity (Wildman–Crippen MR) is 115 cm³/mol. The average Bonchev–Trinajstić information content (AvgIpc) is 3.49. The maximum atomic E-state index is 12.7. The number of carbonyl (C=O) groups is 2. The van der Waals surface area contributed by atoms with Gasteiger partial charge in [0.25, 0.3) is 0 Å². The van der Waals surface area contributed by atoms with E-state index in [2.05, 4.69) is 10.1 Å². The summed E-state index contributed by atoms with van der Waals surface area (Å²) in [6.45, 7) is 2.85. The fourth-order valence-electron chi connectivity index (χ4n) is 4.71. The molecule has 0 N–H and O–H groups in total. The molecular weight excluding hydrogens is 392 g/mol. The number of hydrogen-bond acceptors (Lipinski definition) is 5. The number of fused-ring (bicyclic) bond motifs is 1. The van der Waals surface area contributed by atoms with Crippen molar-refractivity contribution < 1.29 is 14.3 Å². The van der Waals surface area contributed by atoms with E-state index >= 15 is 0 Å². The summed E-state index contributed by atoms with van der Waals surface area (Å²) in [5, 5.41) is 4.10. The smallest absolute Gasteiger partial charge is 0.344 e. The number of carbonyl (C=O) groups excluding carboxylic acids is 2. The van der Waals surface area contributed by atoms with Crippen molar-refractivity contribution in [3.63, 3.8) is 0 Å². The zero-order valence-corrected chi connectivity index (χ0v) is 17.3. The summed E-state index contributed by atoms with van der Waals surface area (Å²) in [5.74, 6) is 1.57. The molecule has 0 bridgehead atoms. The van der Waals surface area contributed by atoms with Crippen molar-refractivity contribution in [2.45, 2.75) is 25.9 Å². The lowest BCUT2D eigenvalue weighted by molar-refractivity contribution is 0.101. The van der Waals surface area contributed by atoms with Crippen molar-refractivity contribution in [3.05, 3.63) is 66.6 Å². The largest absolute Gasteiger partial charge is 0.490 e. The van der Waals surface area contributed by atoms with Crippen LogP contribution >= 0.6 is 0 Å². The Hall–Kier alpha value is -3.48. The van der Waals surface area contributed by atoms with E-state index in [9.17, 15) is 9.59 Å². The number of aromatic nitrogens is 3. The van der Waals surface area contributed by atoms with Crippen LogP contribution in [0.25, 0.3) is 11.3 Å². The minimum absolute atomic E-state index is 0.142. The Morgan fingerprint density at radius 1 is 1.03 bits per heavy atom. The molecule has 3 atom stereocenters. The number of hydrogen-bond donors (Lipinski definition) is 0. The van der Waals surface area contributed by atoms with Crippen LogP contribution in [-0.2, 0) is 0 Å². The minimum atomic E-state index is -0.164. The first-order valence-corrected chi connectivity index (χ1v) is 10.6. The lowest BCUT2D eigenvalue weighted by atomic mass is 10.0. The second-order valence-electron chi connectivity index (χ2n) is 8.36. The van der Waals surface area contributed by atoms with Gasteiger partial charge >= 0.3 is 6.03 Å². The second kappa shape index (κ2) is 7.98. The third-order valence-corrected chi connectivity index (χ3v) is 6.22. The Labute approximate surface area is 180 Å². The van der Waals surface area contributed by atoms with Gasteiger partial charge in [-0.25, -0.2) is 4.79 Å². The van der Waals surface area contributed by atoms with Crippen LogP contribution in [0.1, 0.15) is 30.3 Å². The molecule has 7 heteroatoms. The fraction of sp³-hybridized carbons (Fsp3) is 0.333. The van der Waals surface area contributed by atoms with E-state index in [1.165, 1.54) is 11.6 Å². The van der Waals surface area contributed by atoms with Crippen molar-refractivity contribution in [1.82, 2.24) is 19.7 Å². The fourth-order valence-corrected chi connectivity index (χ4v) is 4.71. The maximum Gasteiger partial charge on any atom is 0.344 e. The molecule has 3 aromatic rings. The standard InChI is InChI=1S/C24H24N4O3/c1-16(29)22-8-10-28(26-22)24(30)27-14-18-12-21(13-19(18)15-27)31-20-6-4-5-17(11-20)23-7-2-3-9-25-23/h2-11,18-19,21H,12-15H2,1H3/t18-,19+,21?. The molecule has 7 nitrogen and oxygen atoms in total. The summed E-state index contributed by atoms with van der Waals surface area (Å²) in [6, 6.07) is 15.3. The van der Waals surface area contributed by atoms with Crippen LogP contribution in [0.2, 0.25) is 0 Å². The number of amides is 1.